The molecule has 0 amide bonds. The normalized spacial score (nSPS) is 17.8. The summed E-state index contributed by atoms with van der Waals surface area (Å²) < 4.78 is 0. The van der Waals surface area contributed by atoms with E-state index in [-0.39, 0.29) is 11.7 Å². The molecule has 0 aliphatic carbocycles. The third-order valence-electron chi connectivity index (χ3n) is 3.39. The van der Waals surface area contributed by atoms with Gasteiger partial charge in [0.25, 0.3) is 0 Å². The Morgan fingerprint density at radius 1 is 1.64 bits per heavy atom. The molecule has 4 nitrogen and oxygen atoms in total. The number of thioether (sulfide) groups is 1. The smallest absolute Gasteiger partial charge is 0.158 e. The van der Waals surface area contributed by atoms with Gasteiger partial charge in [-0.1, -0.05) is 12.1 Å². The van der Waals surface area contributed by atoms with Crippen molar-refractivity contribution in [3.05, 3.63) is 64.6 Å². The number of carbonyl (C=O) groups is 1. The number of aromatic nitrogens is 1. The fourth-order valence-corrected chi connectivity index (χ4v) is 3.34. The van der Waals surface area contributed by atoms with E-state index < -0.39 is 0 Å². The number of dihydropyridines is 1. The summed E-state index contributed by atoms with van der Waals surface area (Å²) in [6.07, 6.45) is 5.17. The maximum atomic E-state index is 12.1. The lowest BCUT2D eigenvalue weighted by Gasteiger charge is -2.29. The average Bonchev–Trinajstić information content (AvgIpc) is 2.52. The van der Waals surface area contributed by atoms with E-state index in [2.05, 4.69) is 22.9 Å². The largest absolute Gasteiger partial charge is 0.353 e. The first-order valence-corrected chi connectivity index (χ1v) is 7.85. The predicted octanol–water partition coefficient (Wildman–Crippen LogP) is 3.29. The summed E-state index contributed by atoms with van der Waals surface area (Å²) in [5.74, 6) is 0.278. The first-order chi connectivity index (χ1) is 10.6. The Labute approximate surface area is 134 Å². The number of nitrogens with zero attached hydrogens (tertiary/aromatic N) is 2. The van der Waals surface area contributed by atoms with Gasteiger partial charge in [0.2, 0.25) is 0 Å². The molecule has 22 heavy (non-hydrogen) atoms. The SMILES string of the molecule is C=CCSC1=C(C#N)[C@H](c2cccnc2)C(C(C)=O)=C(C)N1. The Kier molecular flexibility index (Phi) is 5.18. The van der Waals surface area contributed by atoms with Crippen molar-refractivity contribution in [2.24, 2.45) is 0 Å². The summed E-state index contributed by atoms with van der Waals surface area (Å²) >= 11 is 1.51. The highest BCUT2D eigenvalue weighted by Crippen LogP contribution is 2.40. The van der Waals surface area contributed by atoms with Crippen LogP contribution in [-0.2, 0) is 4.79 Å². The molecule has 0 radical (unpaired) electrons. The van der Waals surface area contributed by atoms with Crippen LogP contribution in [0.15, 0.2) is 59.1 Å². The molecule has 1 N–H and O–H groups in total. The van der Waals surface area contributed by atoms with Gasteiger partial charge >= 0.3 is 0 Å². The molecule has 0 bridgehead atoms. The molecule has 0 spiro atoms. The fraction of sp³-hybridized carbons (Fsp3) is 0.235. The van der Waals surface area contributed by atoms with Crippen LogP contribution in [0.4, 0.5) is 0 Å². The van der Waals surface area contributed by atoms with Crippen LogP contribution in [0.25, 0.3) is 0 Å². The highest BCUT2D eigenvalue weighted by atomic mass is 32.2. The Balaban J connectivity index is 2.59. The standard InChI is InChI=1S/C17H17N3OS/c1-4-8-22-17-14(9-18)16(13-6-5-7-19-10-13)15(12(3)21)11(2)20-17/h4-7,10,16,20H,1,8H2,2-3H3/t16-/m0/s1. The first-order valence-electron chi connectivity index (χ1n) is 6.86. The zero-order valence-electron chi connectivity index (χ0n) is 12.6. The van der Waals surface area contributed by atoms with Gasteiger partial charge in [-0.25, -0.2) is 0 Å². The number of ketones is 1. The van der Waals surface area contributed by atoms with Gasteiger partial charge in [0.05, 0.1) is 22.6 Å². The third kappa shape index (κ3) is 3.12. The minimum absolute atomic E-state index is 0.0422. The van der Waals surface area contributed by atoms with Crippen LogP contribution in [0.2, 0.25) is 0 Å². The van der Waals surface area contributed by atoms with E-state index in [1.165, 1.54) is 18.7 Å². The molecule has 112 valence electrons. The number of nitriles is 1. The second-order valence-corrected chi connectivity index (χ2v) is 5.92. The number of hydrogen-bond donors (Lipinski definition) is 1. The number of hydrogen-bond acceptors (Lipinski definition) is 5. The molecule has 0 saturated heterocycles. The Morgan fingerprint density at radius 3 is 2.95 bits per heavy atom. The summed E-state index contributed by atoms with van der Waals surface area (Å²) in [6.45, 7) is 7.10. The molecule has 1 aromatic rings. The van der Waals surface area contributed by atoms with Gasteiger partial charge in [0.1, 0.15) is 0 Å². The van der Waals surface area contributed by atoms with Crippen molar-refractivity contribution in [2.45, 2.75) is 19.8 Å². The average molecular weight is 311 g/mol. The minimum Gasteiger partial charge on any atom is -0.353 e. The number of nitrogens with one attached hydrogen (secondary N) is 1. The molecule has 1 aliphatic rings. The molecule has 1 aromatic heterocycles. The van der Waals surface area contributed by atoms with Gasteiger partial charge in [-0.2, -0.15) is 5.26 Å². The molecule has 2 rings (SSSR count). The Bertz CT molecular complexity index is 698. The van der Waals surface area contributed by atoms with Crippen LogP contribution in [0, 0.1) is 11.3 Å². The molecule has 0 aromatic carbocycles. The monoisotopic (exact) mass is 311 g/mol. The van der Waals surface area contributed by atoms with E-state index >= 15 is 0 Å². The lowest BCUT2D eigenvalue weighted by molar-refractivity contribution is -0.113. The molecule has 1 aliphatic heterocycles. The number of Topliss-reactive ketones (excluding diaryl/α,β-unsaturated/α-hetero) is 1. The Hall–Kier alpha value is -2.32. The van der Waals surface area contributed by atoms with Crippen molar-refractivity contribution < 1.29 is 4.79 Å². The quantitative estimate of drug-likeness (QED) is 0.845. The van der Waals surface area contributed by atoms with Crippen LogP contribution < -0.4 is 5.32 Å². The molecule has 0 saturated carbocycles. The lowest BCUT2D eigenvalue weighted by atomic mass is 9.81. The van der Waals surface area contributed by atoms with E-state index in [0.29, 0.717) is 16.9 Å². The summed E-state index contributed by atoms with van der Waals surface area (Å²) in [5.41, 5.74) is 2.80. The molecule has 1 atom stereocenters. The van der Waals surface area contributed by atoms with E-state index in [9.17, 15) is 10.1 Å². The number of rotatable bonds is 5. The second kappa shape index (κ2) is 7.10. The molecular formula is C17H17N3OS. The summed E-state index contributed by atoms with van der Waals surface area (Å²) in [6, 6.07) is 5.98. The van der Waals surface area contributed by atoms with Crippen molar-refractivity contribution in [3.63, 3.8) is 0 Å². The summed E-state index contributed by atoms with van der Waals surface area (Å²) in [4.78, 5) is 16.2. The number of pyridine rings is 1. The van der Waals surface area contributed by atoms with Gasteiger partial charge in [0.15, 0.2) is 5.78 Å². The van der Waals surface area contributed by atoms with Gasteiger partial charge in [-0.05, 0) is 25.5 Å². The second-order valence-electron chi connectivity index (χ2n) is 4.89. The van der Waals surface area contributed by atoms with Crippen molar-refractivity contribution >= 4 is 17.5 Å². The highest BCUT2D eigenvalue weighted by molar-refractivity contribution is 8.03. The summed E-state index contributed by atoms with van der Waals surface area (Å²) in [7, 11) is 0. The lowest BCUT2D eigenvalue weighted by Crippen LogP contribution is -2.27. The topological polar surface area (TPSA) is 65.8 Å². The van der Waals surface area contributed by atoms with Crippen molar-refractivity contribution in [2.75, 3.05) is 5.75 Å². The number of allylic oxidation sites excluding steroid dienone is 3. The van der Waals surface area contributed by atoms with Gasteiger partial charge < -0.3 is 5.32 Å². The first kappa shape index (κ1) is 16.1. The van der Waals surface area contributed by atoms with Crippen molar-refractivity contribution in [1.29, 1.82) is 5.26 Å². The molecule has 0 fully saturated rings. The molecule has 0 unspecified atom stereocenters. The molecule has 2 heterocycles. The van der Waals surface area contributed by atoms with E-state index in [1.807, 2.05) is 19.1 Å². The Morgan fingerprint density at radius 2 is 2.41 bits per heavy atom. The maximum Gasteiger partial charge on any atom is 0.158 e. The zero-order valence-corrected chi connectivity index (χ0v) is 13.4. The van der Waals surface area contributed by atoms with Crippen LogP contribution in [0.3, 0.4) is 0 Å². The zero-order chi connectivity index (χ0) is 16.1. The number of carbonyl (C=O) groups excluding carboxylic acids is 1. The van der Waals surface area contributed by atoms with E-state index in [0.717, 1.165) is 16.3 Å². The molecule has 5 heteroatoms. The van der Waals surface area contributed by atoms with Crippen LogP contribution in [0.5, 0.6) is 0 Å². The maximum absolute atomic E-state index is 12.1. The predicted molar refractivity (Wildman–Crippen MR) is 88.8 cm³/mol. The van der Waals surface area contributed by atoms with Crippen LogP contribution in [0.1, 0.15) is 25.3 Å². The van der Waals surface area contributed by atoms with E-state index in [4.69, 9.17) is 0 Å². The third-order valence-corrected chi connectivity index (χ3v) is 4.40. The highest BCUT2D eigenvalue weighted by Gasteiger charge is 2.32. The van der Waals surface area contributed by atoms with Crippen molar-refractivity contribution in [1.82, 2.24) is 10.3 Å². The van der Waals surface area contributed by atoms with Gasteiger partial charge in [-0.15, -0.1) is 18.3 Å². The summed E-state index contributed by atoms with van der Waals surface area (Å²) in [5, 5.41) is 13.6. The van der Waals surface area contributed by atoms with Gasteiger partial charge in [0, 0.05) is 29.4 Å². The van der Waals surface area contributed by atoms with Crippen molar-refractivity contribution in [3.8, 4) is 6.07 Å². The van der Waals surface area contributed by atoms with Crippen LogP contribution in [-0.4, -0.2) is 16.5 Å². The fourth-order valence-electron chi connectivity index (χ4n) is 2.52. The van der Waals surface area contributed by atoms with E-state index in [1.54, 1.807) is 18.5 Å². The minimum atomic E-state index is -0.371. The van der Waals surface area contributed by atoms with Gasteiger partial charge in [-0.3, -0.25) is 9.78 Å². The molecular weight excluding hydrogens is 294 g/mol. The van der Waals surface area contributed by atoms with Crippen LogP contribution >= 0.6 is 11.8 Å².